The molecule has 0 atom stereocenters. The van der Waals surface area contributed by atoms with Crippen molar-refractivity contribution in [1.82, 2.24) is 0 Å². The maximum absolute atomic E-state index is 5.51. The summed E-state index contributed by atoms with van der Waals surface area (Å²) in [6.45, 7) is 2.72. The summed E-state index contributed by atoms with van der Waals surface area (Å²) < 4.78 is 10.7. The predicted octanol–water partition coefficient (Wildman–Crippen LogP) is 2.49. The van der Waals surface area contributed by atoms with Crippen LogP contribution in [0, 0.1) is 0 Å². The first-order valence-electron chi connectivity index (χ1n) is 4.30. The number of rotatable bonds is 1. The molecule has 0 unspecified atom stereocenters. The molecule has 1 heterocycles. The lowest BCUT2D eigenvalue weighted by molar-refractivity contribution is 0.322. The zero-order chi connectivity index (χ0) is 9.26. The largest absolute Gasteiger partial charge is 0.493 e. The zero-order valence-electron chi connectivity index (χ0n) is 7.83. The fourth-order valence-electron chi connectivity index (χ4n) is 1.50. The van der Waals surface area contributed by atoms with Gasteiger partial charge in [0, 0.05) is 5.56 Å². The maximum Gasteiger partial charge on any atom is 0.169 e. The smallest absolute Gasteiger partial charge is 0.169 e. The van der Waals surface area contributed by atoms with Crippen molar-refractivity contribution in [2.24, 2.45) is 0 Å². The first-order valence-corrected chi connectivity index (χ1v) is 4.30. The molecule has 0 aliphatic carbocycles. The Morgan fingerprint density at radius 2 is 2.23 bits per heavy atom. The van der Waals surface area contributed by atoms with E-state index in [1.54, 1.807) is 7.11 Å². The van der Waals surface area contributed by atoms with Crippen molar-refractivity contribution in [3.8, 4) is 11.5 Å². The third kappa shape index (κ3) is 1.28. The Morgan fingerprint density at radius 1 is 1.38 bits per heavy atom. The van der Waals surface area contributed by atoms with Gasteiger partial charge in [-0.15, -0.1) is 0 Å². The van der Waals surface area contributed by atoms with Crippen molar-refractivity contribution >= 4 is 5.57 Å². The summed E-state index contributed by atoms with van der Waals surface area (Å²) in [7, 11) is 1.66. The van der Waals surface area contributed by atoms with Gasteiger partial charge in [0.15, 0.2) is 11.5 Å². The monoisotopic (exact) mass is 176 g/mol. The molecule has 1 aliphatic rings. The van der Waals surface area contributed by atoms with Gasteiger partial charge in [-0.1, -0.05) is 12.1 Å². The standard InChI is InChI=1S/C11H12O2/c1-8-6-7-13-11-9(8)4-3-5-10(11)12-2/h3-6H,7H2,1-2H3. The van der Waals surface area contributed by atoms with Crippen LogP contribution in [-0.2, 0) is 0 Å². The SMILES string of the molecule is COc1cccc2c1OCC=C2C. The molecular weight excluding hydrogens is 164 g/mol. The number of methoxy groups -OCH3 is 1. The molecule has 1 aromatic rings. The molecule has 68 valence electrons. The molecule has 0 bridgehead atoms. The number of hydrogen-bond acceptors (Lipinski definition) is 2. The highest BCUT2D eigenvalue weighted by molar-refractivity contribution is 5.73. The van der Waals surface area contributed by atoms with Crippen molar-refractivity contribution in [1.29, 1.82) is 0 Å². The van der Waals surface area contributed by atoms with Gasteiger partial charge in [0.25, 0.3) is 0 Å². The summed E-state index contributed by atoms with van der Waals surface area (Å²) in [5.41, 5.74) is 2.38. The highest BCUT2D eigenvalue weighted by Crippen LogP contribution is 2.37. The molecule has 0 radical (unpaired) electrons. The Bertz CT molecular complexity index is 353. The van der Waals surface area contributed by atoms with Crippen molar-refractivity contribution in [2.75, 3.05) is 13.7 Å². The van der Waals surface area contributed by atoms with Crippen LogP contribution < -0.4 is 9.47 Å². The van der Waals surface area contributed by atoms with Crippen LogP contribution >= 0.6 is 0 Å². The fraction of sp³-hybridized carbons (Fsp3) is 0.273. The molecule has 0 amide bonds. The van der Waals surface area contributed by atoms with Gasteiger partial charge < -0.3 is 9.47 Å². The van der Waals surface area contributed by atoms with E-state index in [0.29, 0.717) is 6.61 Å². The van der Waals surface area contributed by atoms with E-state index in [1.165, 1.54) is 5.57 Å². The highest BCUT2D eigenvalue weighted by Gasteiger charge is 2.14. The van der Waals surface area contributed by atoms with Crippen molar-refractivity contribution in [3.63, 3.8) is 0 Å². The van der Waals surface area contributed by atoms with Crippen molar-refractivity contribution in [3.05, 3.63) is 29.8 Å². The van der Waals surface area contributed by atoms with E-state index in [9.17, 15) is 0 Å². The van der Waals surface area contributed by atoms with Gasteiger partial charge in [0.05, 0.1) is 7.11 Å². The molecule has 1 aliphatic heterocycles. The second-order valence-corrected chi connectivity index (χ2v) is 3.04. The van der Waals surface area contributed by atoms with Crippen LogP contribution in [0.4, 0.5) is 0 Å². The van der Waals surface area contributed by atoms with E-state index in [-0.39, 0.29) is 0 Å². The Balaban J connectivity index is 2.57. The molecular formula is C11H12O2. The van der Waals surface area contributed by atoms with Gasteiger partial charge in [-0.2, -0.15) is 0 Å². The molecule has 0 aromatic heterocycles. The van der Waals surface area contributed by atoms with Crippen LogP contribution in [0.5, 0.6) is 11.5 Å². The maximum atomic E-state index is 5.51. The molecule has 2 nitrogen and oxygen atoms in total. The van der Waals surface area contributed by atoms with Gasteiger partial charge in [0.2, 0.25) is 0 Å². The summed E-state index contributed by atoms with van der Waals surface area (Å²) in [5.74, 6) is 1.68. The number of ether oxygens (including phenoxy) is 2. The van der Waals surface area contributed by atoms with Crippen LogP contribution in [0.3, 0.4) is 0 Å². The quantitative estimate of drug-likeness (QED) is 0.654. The van der Waals surface area contributed by atoms with Gasteiger partial charge in [-0.3, -0.25) is 0 Å². The molecule has 0 N–H and O–H groups in total. The normalized spacial score (nSPS) is 14.2. The number of para-hydroxylation sites is 1. The lowest BCUT2D eigenvalue weighted by Crippen LogP contribution is -2.04. The minimum absolute atomic E-state index is 0.638. The molecule has 0 fully saturated rings. The lowest BCUT2D eigenvalue weighted by Gasteiger charge is -2.18. The van der Waals surface area contributed by atoms with Gasteiger partial charge in [-0.05, 0) is 24.6 Å². The van der Waals surface area contributed by atoms with Gasteiger partial charge in [0.1, 0.15) is 6.61 Å². The number of allylic oxidation sites excluding steroid dienone is 1. The molecule has 13 heavy (non-hydrogen) atoms. The second-order valence-electron chi connectivity index (χ2n) is 3.04. The third-order valence-electron chi connectivity index (χ3n) is 2.24. The molecule has 0 saturated heterocycles. The molecule has 2 rings (SSSR count). The first kappa shape index (κ1) is 8.17. The summed E-state index contributed by atoms with van der Waals surface area (Å²) in [4.78, 5) is 0. The minimum atomic E-state index is 0.638. The van der Waals surface area contributed by atoms with Crippen LogP contribution in [0.25, 0.3) is 5.57 Å². The van der Waals surface area contributed by atoms with Crippen LogP contribution in [-0.4, -0.2) is 13.7 Å². The van der Waals surface area contributed by atoms with E-state index in [4.69, 9.17) is 9.47 Å². The summed E-state index contributed by atoms with van der Waals surface area (Å²) in [6, 6.07) is 5.93. The molecule has 0 spiro atoms. The first-order chi connectivity index (χ1) is 6.33. The lowest BCUT2D eigenvalue weighted by atomic mass is 10.0. The molecule has 1 aromatic carbocycles. The number of hydrogen-bond donors (Lipinski definition) is 0. The Kier molecular flexibility index (Phi) is 1.97. The van der Waals surface area contributed by atoms with E-state index in [1.807, 2.05) is 18.2 Å². The third-order valence-corrected chi connectivity index (χ3v) is 2.24. The highest BCUT2D eigenvalue weighted by atomic mass is 16.5. The van der Waals surface area contributed by atoms with E-state index >= 15 is 0 Å². The van der Waals surface area contributed by atoms with E-state index in [0.717, 1.165) is 17.1 Å². The average molecular weight is 176 g/mol. The van der Waals surface area contributed by atoms with Crippen molar-refractivity contribution in [2.45, 2.75) is 6.92 Å². The minimum Gasteiger partial charge on any atom is -0.493 e. The average Bonchev–Trinajstić information content (AvgIpc) is 2.18. The molecule has 0 saturated carbocycles. The Hall–Kier alpha value is -1.44. The van der Waals surface area contributed by atoms with Gasteiger partial charge in [-0.25, -0.2) is 0 Å². The second kappa shape index (κ2) is 3.13. The summed E-state index contributed by atoms with van der Waals surface area (Å²) in [6.07, 6.45) is 2.07. The van der Waals surface area contributed by atoms with Crippen LogP contribution in [0.1, 0.15) is 12.5 Å². The van der Waals surface area contributed by atoms with Gasteiger partial charge >= 0.3 is 0 Å². The van der Waals surface area contributed by atoms with E-state index in [2.05, 4.69) is 13.0 Å². The van der Waals surface area contributed by atoms with E-state index < -0.39 is 0 Å². The van der Waals surface area contributed by atoms with Crippen LogP contribution in [0.15, 0.2) is 24.3 Å². The number of benzene rings is 1. The predicted molar refractivity (Wildman–Crippen MR) is 52.1 cm³/mol. The summed E-state index contributed by atoms with van der Waals surface area (Å²) in [5, 5.41) is 0. The fourth-order valence-corrected chi connectivity index (χ4v) is 1.50. The summed E-state index contributed by atoms with van der Waals surface area (Å²) >= 11 is 0. The Labute approximate surface area is 77.8 Å². The zero-order valence-corrected chi connectivity index (χ0v) is 7.83. The Morgan fingerprint density at radius 3 is 3.00 bits per heavy atom. The molecule has 2 heteroatoms. The number of fused-ring (bicyclic) bond motifs is 1. The van der Waals surface area contributed by atoms with Crippen LogP contribution in [0.2, 0.25) is 0 Å². The van der Waals surface area contributed by atoms with Crippen molar-refractivity contribution < 1.29 is 9.47 Å². The topological polar surface area (TPSA) is 18.5 Å².